The SMILES string of the molecule is Cc1nc(-c2ccccc2)n(-c2cncnc2)n1. The fourth-order valence-electron chi connectivity index (χ4n) is 1.77. The fourth-order valence-corrected chi connectivity index (χ4v) is 1.77. The minimum Gasteiger partial charge on any atom is -0.243 e. The molecule has 0 aliphatic rings. The van der Waals surface area contributed by atoms with Crippen LogP contribution in [0.2, 0.25) is 0 Å². The number of rotatable bonds is 2. The summed E-state index contributed by atoms with van der Waals surface area (Å²) in [4.78, 5) is 12.5. The van der Waals surface area contributed by atoms with E-state index in [-0.39, 0.29) is 0 Å². The van der Waals surface area contributed by atoms with Crippen molar-refractivity contribution in [1.82, 2.24) is 24.7 Å². The van der Waals surface area contributed by atoms with Crippen LogP contribution in [0.15, 0.2) is 49.1 Å². The molecular weight excluding hydrogens is 226 g/mol. The van der Waals surface area contributed by atoms with Gasteiger partial charge in [-0.25, -0.2) is 19.6 Å². The number of aromatic nitrogens is 5. The van der Waals surface area contributed by atoms with Crippen molar-refractivity contribution in [3.63, 3.8) is 0 Å². The summed E-state index contributed by atoms with van der Waals surface area (Å²) in [7, 11) is 0. The van der Waals surface area contributed by atoms with Gasteiger partial charge in [0.15, 0.2) is 5.82 Å². The number of benzene rings is 1. The molecule has 0 spiro atoms. The van der Waals surface area contributed by atoms with Crippen LogP contribution in [0.5, 0.6) is 0 Å². The molecule has 0 radical (unpaired) electrons. The second kappa shape index (κ2) is 4.37. The quantitative estimate of drug-likeness (QED) is 0.684. The Labute approximate surface area is 104 Å². The van der Waals surface area contributed by atoms with Crippen molar-refractivity contribution >= 4 is 0 Å². The third kappa shape index (κ3) is 1.86. The lowest BCUT2D eigenvalue weighted by molar-refractivity contribution is 0.854. The van der Waals surface area contributed by atoms with Gasteiger partial charge in [-0.05, 0) is 6.92 Å². The van der Waals surface area contributed by atoms with Gasteiger partial charge in [-0.2, -0.15) is 5.10 Å². The molecule has 18 heavy (non-hydrogen) atoms. The predicted octanol–water partition coefficient (Wildman–Crippen LogP) is 2.03. The number of nitrogens with zero attached hydrogens (tertiary/aromatic N) is 5. The molecule has 3 aromatic rings. The first-order valence-corrected chi connectivity index (χ1v) is 5.59. The van der Waals surface area contributed by atoms with Crippen molar-refractivity contribution < 1.29 is 0 Å². The molecule has 2 aromatic heterocycles. The van der Waals surface area contributed by atoms with Gasteiger partial charge in [-0.15, -0.1) is 0 Å². The number of hydrogen-bond donors (Lipinski definition) is 0. The molecule has 0 aliphatic heterocycles. The van der Waals surface area contributed by atoms with Crippen LogP contribution in [0.1, 0.15) is 5.82 Å². The molecule has 0 atom stereocenters. The summed E-state index contributed by atoms with van der Waals surface area (Å²) in [5.41, 5.74) is 1.82. The maximum Gasteiger partial charge on any atom is 0.163 e. The van der Waals surface area contributed by atoms with Crippen LogP contribution in [0, 0.1) is 6.92 Å². The summed E-state index contributed by atoms with van der Waals surface area (Å²) in [6, 6.07) is 9.94. The normalized spacial score (nSPS) is 10.5. The van der Waals surface area contributed by atoms with Crippen LogP contribution < -0.4 is 0 Å². The maximum absolute atomic E-state index is 4.45. The van der Waals surface area contributed by atoms with Crippen molar-refractivity contribution in [1.29, 1.82) is 0 Å². The van der Waals surface area contributed by atoms with Crippen molar-refractivity contribution in [2.75, 3.05) is 0 Å². The van der Waals surface area contributed by atoms with Gasteiger partial charge in [0.2, 0.25) is 0 Å². The highest BCUT2D eigenvalue weighted by molar-refractivity contribution is 5.57. The lowest BCUT2D eigenvalue weighted by Crippen LogP contribution is -2.00. The van der Waals surface area contributed by atoms with Crippen molar-refractivity contribution in [2.45, 2.75) is 6.92 Å². The number of aryl methyl sites for hydroxylation is 1. The molecular formula is C13H11N5. The van der Waals surface area contributed by atoms with Gasteiger partial charge in [0, 0.05) is 5.56 Å². The molecule has 0 saturated carbocycles. The van der Waals surface area contributed by atoms with Crippen molar-refractivity contribution in [3.05, 3.63) is 54.9 Å². The summed E-state index contributed by atoms with van der Waals surface area (Å²) >= 11 is 0. The van der Waals surface area contributed by atoms with Crippen LogP contribution in [0.3, 0.4) is 0 Å². The standard InChI is InChI=1S/C13H11N5/c1-10-16-13(11-5-3-2-4-6-11)18(17-10)12-7-14-9-15-8-12/h2-9H,1H3. The van der Waals surface area contributed by atoms with Gasteiger partial charge in [0.05, 0.1) is 12.4 Å². The molecule has 0 N–H and O–H groups in total. The molecule has 5 nitrogen and oxygen atoms in total. The Morgan fingerprint density at radius 3 is 2.44 bits per heavy atom. The Morgan fingerprint density at radius 1 is 1.00 bits per heavy atom. The molecule has 3 rings (SSSR count). The molecule has 0 saturated heterocycles. The van der Waals surface area contributed by atoms with E-state index in [1.807, 2.05) is 37.3 Å². The van der Waals surface area contributed by atoms with Gasteiger partial charge < -0.3 is 0 Å². The Bertz CT molecular complexity index is 589. The highest BCUT2D eigenvalue weighted by Crippen LogP contribution is 2.19. The summed E-state index contributed by atoms with van der Waals surface area (Å²) < 4.78 is 1.75. The van der Waals surface area contributed by atoms with Crippen molar-refractivity contribution in [2.24, 2.45) is 0 Å². The summed E-state index contributed by atoms with van der Waals surface area (Å²) in [6.07, 6.45) is 4.93. The molecule has 0 aliphatic carbocycles. The predicted molar refractivity (Wildman–Crippen MR) is 67.1 cm³/mol. The van der Waals surface area contributed by atoms with E-state index in [0.717, 1.165) is 22.9 Å². The second-order valence-corrected chi connectivity index (χ2v) is 3.86. The van der Waals surface area contributed by atoms with Crippen LogP contribution >= 0.6 is 0 Å². The highest BCUT2D eigenvalue weighted by atomic mass is 15.4. The highest BCUT2D eigenvalue weighted by Gasteiger charge is 2.11. The molecule has 0 amide bonds. The second-order valence-electron chi connectivity index (χ2n) is 3.86. The molecule has 5 heteroatoms. The van der Waals surface area contributed by atoms with Gasteiger partial charge in [-0.1, -0.05) is 30.3 Å². The average Bonchev–Trinajstić information content (AvgIpc) is 2.83. The molecule has 0 unspecified atom stereocenters. The Balaban J connectivity index is 2.17. The van der Waals surface area contributed by atoms with E-state index in [4.69, 9.17) is 0 Å². The zero-order valence-electron chi connectivity index (χ0n) is 9.85. The average molecular weight is 237 g/mol. The molecule has 1 aromatic carbocycles. The van der Waals surface area contributed by atoms with Gasteiger partial charge in [0.25, 0.3) is 0 Å². The van der Waals surface area contributed by atoms with Gasteiger partial charge >= 0.3 is 0 Å². The molecule has 88 valence electrons. The lowest BCUT2D eigenvalue weighted by atomic mass is 10.2. The zero-order valence-corrected chi connectivity index (χ0v) is 9.85. The van der Waals surface area contributed by atoms with E-state index in [9.17, 15) is 0 Å². The molecule has 2 heterocycles. The van der Waals surface area contributed by atoms with Crippen LogP contribution in [0.25, 0.3) is 17.1 Å². The van der Waals surface area contributed by atoms with E-state index in [1.54, 1.807) is 17.1 Å². The van der Waals surface area contributed by atoms with E-state index < -0.39 is 0 Å². The molecule has 0 bridgehead atoms. The fraction of sp³-hybridized carbons (Fsp3) is 0.0769. The third-order valence-electron chi connectivity index (χ3n) is 2.54. The lowest BCUT2D eigenvalue weighted by Gasteiger charge is -2.04. The largest absolute Gasteiger partial charge is 0.243 e. The minimum atomic E-state index is 0.720. The Kier molecular flexibility index (Phi) is 2.57. The Hall–Kier alpha value is -2.56. The Morgan fingerprint density at radius 2 is 1.72 bits per heavy atom. The number of hydrogen-bond acceptors (Lipinski definition) is 4. The first-order valence-electron chi connectivity index (χ1n) is 5.59. The third-order valence-corrected chi connectivity index (χ3v) is 2.54. The van der Waals surface area contributed by atoms with E-state index >= 15 is 0 Å². The van der Waals surface area contributed by atoms with E-state index in [0.29, 0.717) is 0 Å². The summed E-state index contributed by atoms with van der Waals surface area (Å²) in [5.74, 6) is 1.51. The smallest absolute Gasteiger partial charge is 0.163 e. The monoisotopic (exact) mass is 237 g/mol. The van der Waals surface area contributed by atoms with Gasteiger partial charge in [0.1, 0.15) is 17.8 Å². The zero-order chi connectivity index (χ0) is 12.4. The van der Waals surface area contributed by atoms with Gasteiger partial charge in [-0.3, -0.25) is 0 Å². The van der Waals surface area contributed by atoms with Crippen molar-refractivity contribution in [3.8, 4) is 17.1 Å². The minimum absolute atomic E-state index is 0.720. The maximum atomic E-state index is 4.45. The van der Waals surface area contributed by atoms with E-state index in [2.05, 4.69) is 20.1 Å². The van der Waals surface area contributed by atoms with Crippen LogP contribution in [0.4, 0.5) is 0 Å². The summed E-state index contributed by atoms with van der Waals surface area (Å²) in [6.45, 7) is 1.87. The van der Waals surface area contributed by atoms with Crippen LogP contribution in [-0.2, 0) is 0 Å². The van der Waals surface area contributed by atoms with E-state index in [1.165, 1.54) is 6.33 Å². The van der Waals surface area contributed by atoms with Crippen LogP contribution in [-0.4, -0.2) is 24.7 Å². The molecule has 0 fully saturated rings. The first-order chi connectivity index (χ1) is 8.84. The first kappa shape index (κ1) is 10.6. The topological polar surface area (TPSA) is 56.5 Å². The summed E-state index contributed by atoms with van der Waals surface area (Å²) in [5, 5.41) is 4.38.